The molecule has 1 N–H and O–H groups in total. The predicted molar refractivity (Wildman–Crippen MR) is 120 cm³/mol. The first-order valence-corrected chi connectivity index (χ1v) is 12.4. The molecule has 0 radical (unpaired) electrons. The molecule has 2 aromatic rings. The van der Waals surface area contributed by atoms with E-state index in [0.717, 1.165) is 18.0 Å². The van der Waals surface area contributed by atoms with Gasteiger partial charge >= 0.3 is 6.09 Å². The van der Waals surface area contributed by atoms with Crippen molar-refractivity contribution in [1.82, 2.24) is 10.3 Å². The molecule has 0 bridgehead atoms. The van der Waals surface area contributed by atoms with Gasteiger partial charge in [0.2, 0.25) is 5.88 Å². The van der Waals surface area contributed by atoms with E-state index in [4.69, 9.17) is 13.7 Å². The van der Waals surface area contributed by atoms with Crippen molar-refractivity contribution in [2.75, 3.05) is 12.9 Å². The summed E-state index contributed by atoms with van der Waals surface area (Å²) in [5.41, 5.74) is -0.488. The van der Waals surface area contributed by atoms with Crippen LogP contribution in [0.25, 0.3) is 0 Å². The normalized spacial score (nSPS) is 20.2. The number of nitrogens with zero attached hydrogens (tertiary/aromatic N) is 1. The second-order valence-corrected chi connectivity index (χ2v) is 10.7. The van der Waals surface area contributed by atoms with Crippen LogP contribution in [0.5, 0.6) is 5.88 Å². The third kappa shape index (κ3) is 7.13. The summed E-state index contributed by atoms with van der Waals surface area (Å²) in [6.45, 7) is 5.35. The zero-order valence-electron chi connectivity index (χ0n) is 19.1. The number of alkyl carbamates (subject to hydrolysis) is 1. The van der Waals surface area contributed by atoms with Crippen LogP contribution in [0.1, 0.15) is 44.7 Å². The van der Waals surface area contributed by atoms with E-state index in [9.17, 15) is 17.6 Å². The third-order valence-corrected chi connectivity index (χ3v) is 5.70. The standard InChI is InChI=1S/C23H29FN2O6S/c1-22(2,3)32-21(27)26-23(13-17(23)10-11-31-33(4,28)29)19-12-18(24)14-25-20(19)30-15-16-8-6-5-7-9-16/h5-9,12,14,17H,10-11,13,15H2,1-4H3,(H,26,27). The van der Waals surface area contributed by atoms with Gasteiger partial charge in [0.15, 0.2) is 0 Å². The number of ether oxygens (including phenoxy) is 2. The Bertz CT molecular complexity index is 1090. The largest absolute Gasteiger partial charge is 0.473 e. The fourth-order valence-corrected chi connectivity index (χ4v) is 4.04. The van der Waals surface area contributed by atoms with Crippen molar-refractivity contribution in [3.63, 3.8) is 0 Å². The number of amides is 1. The number of rotatable bonds is 9. The smallest absolute Gasteiger partial charge is 0.408 e. The molecule has 1 aliphatic rings. The van der Waals surface area contributed by atoms with Crippen LogP contribution in [-0.4, -0.2) is 38.0 Å². The molecule has 1 amide bonds. The molecule has 2 unspecified atom stereocenters. The van der Waals surface area contributed by atoms with Gasteiger partial charge in [0.05, 0.1) is 24.6 Å². The first-order valence-electron chi connectivity index (χ1n) is 10.6. The summed E-state index contributed by atoms with van der Waals surface area (Å²) in [5.74, 6) is -0.627. The molecule has 1 aromatic heterocycles. The van der Waals surface area contributed by atoms with Gasteiger partial charge in [-0.1, -0.05) is 30.3 Å². The number of halogens is 1. The number of nitrogens with one attached hydrogen (secondary N) is 1. The lowest BCUT2D eigenvalue weighted by atomic mass is 10.0. The second-order valence-electron chi connectivity index (χ2n) is 9.09. The number of carbonyl (C=O) groups is 1. The van der Waals surface area contributed by atoms with E-state index in [0.29, 0.717) is 18.4 Å². The van der Waals surface area contributed by atoms with E-state index < -0.39 is 33.2 Å². The molecule has 33 heavy (non-hydrogen) atoms. The van der Waals surface area contributed by atoms with Gasteiger partial charge in [-0.15, -0.1) is 0 Å². The Balaban J connectivity index is 1.86. The Kier molecular flexibility index (Phi) is 7.28. The van der Waals surface area contributed by atoms with E-state index in [1.165, 1.54) is 6.07 Å². The molecular weight excluding hydrogens is 451 g/mol. The van der Waals surface area contributed by atoms with Crippen LogP contribution < -0.4 is 10.1 Å². The van der Waals surface area contributed by atoms with Crippen LogP contribution in [0.3, 0.4) is 0 Å². The summed E-state index contributed by atoms with van der Waals surface area (Å²) >= 11 is 0. The Morgan fingerprint density at radius 3 is 2.61 bits per heavy atom. The molecule has 0 saturated heterocycles. The molecule has 1 fully saturated rings. The van der Waals surface area contributed by atoms with Gasteiger partial charge in [-0.05, 0) is 51.2 Å². The fraction of sp³-hybridized carbons (Fsp3) is 0.478. The second kappa shape index (κ2) is 9.64. The zero-order chi connectivity index (χ0) is 24.3. The van der Waals surface area contributed by atoms with Crippen molar-refractivity contribution in [2.24, 2.45) is 5.92 Å². The summed E-state index contributed by atoms with van der Waals surface area (Å²) in [5, 5.41) is 2.85. The van der Waals surface area contributed by atoms with Crippen molar-refractivity contribution in [2.45, 2.75) is 51.4 Å². The highest BCUT2D eigenvalue weighted by molar-refractivity contribution is 7.85. The molecule has 0 spiro atoms. The van der Waals surface area contributed by atoms with Crippen molar-refractivity contribution >= 4 is 16.2 Å². The van der Waals surface area contributed by atoms with Gasteiger partial charge in [0.1, 0.15) is 18.0 Å². The maximum absolute atomic E-state index is 14.2. The minimum atomic E-state index is -3.60. The Hall–Kier alpha value is -2.72. The van der Waals surface area contributed by atoms with Gasteiger partial charge in [-0.25, -0.2) is 14.2 Å². The monoisotopic (exact) mass is 480 g/mol. The number of benzene rings is 1. The number of aromatic nitrogens is 1. The predicted octanol–water partition coefficient (Wildman–Crippen LogP) is 3.91. The number of hydrogen-bond acceptors (Lipinski definition) is 7. The molecule has 1 aliphatic carbocycles. The summed E-state index contributed by atoms with van der Waals surface area (Å²) in [7, 11) is -3.60. The van der Waals surface area contributed by atoms with Crippen molar-refractivity contribution in [3.8, 4) is 5.88 Å². The van der Waals surface area contributed by atoms with Gasteiger partial charge in [0.25, 0.3) is 10.1 Å². The molecule has 0 aliphatic heterocycles. The summed E-state index contributed by atoms with van der Waals surface area (Å²) in [6, 6.07) is 10.7. The lowest BCUT2D eigenvalue weighted by molar-refractivity contribution is 0.0486. The van der Waals surface area contributed by atoms with E-state index in [2.05, 4.69) is 10.3 Å². The van der Waals surface area contributed by atoms with Crippen LogP contribution in [0.15, 0.2) is 42.6 Å². The Labute approximate surface area is 193 Å². The number of pyridine rings is 1. The van der Waals surface area contributed by atoms with E-state index in [1.54, 1.807) is 20.8 Å². The Morgan fingerprint density at radius 1 is 1.27 bits per heavy atom. The minimum absolute atomic E-state index is 0.0653. The van der Waals surface area contributed by atoms with Crippen molar-refractivity contribution in [3.05, 3.63) is 59.5 Å². The molecule has 3 rings (SSSR count). The average Bonchev–Trinajstić information content (AvgIpc) is 3.38. The van der Waals surface area contributed by atoms with Crippen LogP contribution >= 0.6 is 0 Å². The minimum Gasteiger partial charge on any atom is -0.473 e. The van der Waals surface area contributed by atoms with Gasteiger partial charge in [0, 0.05) is 5.56 Å². The molecular formula is C23H29FN2O6S. The molecule has 10 heteroatoms. The maximum Gasteiger partial charge on any atom is 0.408 e. The fourth-order valence-electron chi connectivity index (χ4n) is 3.64. The lowest BCUT2D eigenvalue weighted by Gasteiger charge is -2.26. The maximum atomic E-state index is 14.2. The Morgan fingerprint density at radius 2 is 1.97 bits per heavy atom. The molecule has 2 atom stereocenters. The summed E-state index contributed by atoms with van der Waals surface area (Å²) in [4.78, 5) is 16.7. The van der Waals surface area contributed by atoms with Gasteiger partial charge in [-0.3, -0.25) is 4.18 Å². The average molecular weight is 481 g/mol. The van der Waals surface area contributed by atoms with Gasteiger partial charge < -0.3 is 14.8 Å². The quantitative estimate of drug-likeness (QED) is 0.543. The lowest BCUT2D eigenvalue weighted by Crippen LogP contribution is -2.41. The molecule has 8 nitrogen and oxygen atoms in total. The number of carbonyl (C=O) groups excluding carboxylic acids is 1. The third-order valence-electron chi connectivity index (χ3n) is 5.11. The van der Waals surface area contributed by atoms with Gasteiger partial charge in [-0.2, -0.15) is 8.42 Å². The van der Waals surface area contributed by atoms with E-state index in [-0.39, 0.29) is 25.0 Å². The summed E-state index contributed by atoms with van der Waals surface area (Å²) in [6.07, 6.45) is 2.09. The highest BCUT2D eigenvalue weighted by Crippen LogP contribution is 2.56. The molecule has 180 valence electrons. The molecule has 1 aromatic carbocycles. The van der Waals surface area contributed by atoms with Crippen LogP contribution in [0, 0.1) is 11.7 Å². The zero-order valence-corrected chi connectivity index (χ0v) is 19.9. The SMILES string of the molecule is CC(C)(C)OC(=O)NC1(c2cc(F)cnc2OCc2ccccc2)CC1CCOS(C)(=O)=O. The molecule has 1 heterocycles. The van der Waals surface area contributed by atoms with Crippen LogP contribution in [0.2, 0.25) is 0 Å². The summed E-state index contributed by atoms with van der Waals surface area (Å²) < 4.78 is 53.1. The highest BCUT2D eigenvalue weighted by atomic mass is 32.2. The van der Waals surface area contributed by atoms with Crippen molar-refractivity contribution < 1.29 is 31.3 Å². The first-order chi connectivity index (χ1) is 15.4. The van der Waals surface area contributed by atoms with Crippen LogP contribution in [0.4, 0.5) is 9.18 Å². The number of hydrogen-bond donors (Lipinski definition) is 1. The van der Waals surface area contributed by atoms with Crippen LogP contribution in [-0.2, 0) is 31.2 Å². The van der Waals surface area contributed by atoms with E-state index >= 15 is 0 Å². The van der Waals surface area contributed by atoms with E-state index in [1.807, 2.05) is 30.3 Å². The first kappa shape index (κ1) is 24.9. The highest BCUT2D eigenvalue weighted by Gasteiger charge is 2.58. The van der Waals surface area contributed by atoms with Crippen molar-refractivity contribution in [1.29, 1.82) is 0 Å². The topological polar surface area (TPSA) is 104 Å². The molecule has 1 saturated carbocycles.